The Balaban J connectivity index is 2.64. The van der Waals surface area contributed by atoms with E-state index in [9.17, 15) is 9.90 Å². The number of amides is 1. The molecule has 0 saturated heterocycles. The van der Waals surface area contributed by atoms with Crippen molar-refractivity contribution < 1.29 is 9.90 Å². The standard InChI is InChI=1S/C13H19NO2/c1-3-6-11(4-2)14-13(16)10-7-5-8-12(15)9-10/h5,7-9,11,15H,3-4,6H2,1-2H3,(H,14,16). The molecular formula is C13H19NO2. The summed E-state index contributed by atoms with van der Waals surface area (Å²) in [6, 6.07) is 6.63. The molecule has 0 aliphatic heterocycles. The van der Waals surface area contributed by atoms with E-state index >= 15 is 0 Å². The smallest absolute Gasteiger partial charge is 0.251 e. The number of aromatic hydroxyl groups is 1. The molecule has 0 spiro atoms. The van der Waals surface area contributed by atoms with E-state index in [4.69, 9.17) is 0 Å². The predicted octanol–water partition coefficient (Wildman–Crippen LogP) is 2.70. The number of phenolic OH excluding ortho intramolecular Hbond substituents is 1. The number of nitrogens with one attached hydrogen (secondary N) is 1. The van der Waals surface area contributed by atoms with Crippen molar-refractivity contribution in [3.05, 3.63) is 29.8 Å². The fourth-order valence-electron chi connectivity index (χ4n) is 1.64. The number of phenols is 1. The van der Waals surface area contributed by atoms with Gasteiger partial charge in [0.2, 0.25) is 0 Å². The molecule has 0 aromatic heterocycles. The second-order valence-electron chi connectivity index (χ2n) is 3.92. The maximum atomic E-state index is 11.8. The van der Waals surface area contributed by atoms with Crippen molar-refractivity contribution in [1.82, 2.24) is 5.32 Å². The van der Waals surface area contributed by atoms with E-state index in [0.29, 0.717) is 5.56 Å². The minimum absolute atomic E-state index is 0.115. The molecule has 1 aromatic rings. The molecule has 3 heteroatoms. The molecular weight excluding hydrogens is 202 g/mol. The first-order chi connectivity index (χ1) is 7.67. The fourth-order valence-corrected chi connectivity index (χ4v) is 1.64. The minimum atomic E-state index is -0.115. The van der Waals surface area contributed by atoms with Gasteiger partial charge in [-0.25, -0.2) is 0 Å². The normalized spacial score (nSPS) is 12.1. The van der Waals surface area contributed by atoms with E-state index in [1.54, 1.807) is 18.2 Å². The van der Waals surface area contributed by atoms with Crippen molar-refractivity contribution in [3.8, 4) is 5.75 Å². The highest BCUT2D eigenvalue weighted by atomic mass is 16.3. The number of hydrogen-bond donors (Lipinski definition) is 2. The van der Waals surface area contributed by atoms with Crippen molar-refractivity contribution >= 4 is 5.91 Å². The first-order valence-electron chi connectivity index (χ1n) is 5.77. The average molecular weight is 221 g/mol. The fraction of sp³-hybridized carbons (Fsp3) is 0.462. The highest BCUT2D eigenvalue weighted by Gasteiger charge is 2.11. The number of rotatable bonds is 5. The van der Waals surface area contributed by atoms with E-state index in [1.807, 2.05) is 0 Å². The molecule has 0 bridgehead atoms. The zero-order chi connectivity index (χ0) is 12.0. The average Bonchev–Trinajstić information content (AvgIpc) is 2.28. The Morgan fingerprint density at radius 1 is 1.44 bits per heavy atom. The topological polar surface area (TPSA) is 49.3 Å². The molecule has 1 atom stereocenters. The quantitative estimate of drug-likeness (QED) is 0.803. The van der Waals surface area contributed by atoms with Crippen LogP contribution < -0.4 is 5.32 Å². The van der Waals surface area contributed by atoms with Gasteiger partial charge < -0.3 is 10.4 Å². The summed E-state index contributed by atoms with van der Waals surface area (Å²) in [5, 5.41) is 12.2. The van der Waals surface area contributed by atoms with Crippen LogP contribution in [0.15, 0.2) is 24.3 Å². The van der Waals surface area contributed by atoms with Gasteiger partial charge in [-0.1, -0.05) is 26.3 Å². The van der Waals surface area contributed by atoms with Crippen LogP contribution in [-0.4, -0.2) is 17.1 Å². The van der Waals surface area contributed by atoms with Crippen LogP contribution >= 0.6 is 0 Å². The van der Waals surface area contributed by atoms with Gasteiger partial charge in [0.15, 0.2) is 0 Å². The largest absolute Gasteiger partial charge is 0.508 e. The Morgan fingerprint density at radius 3 is 2.75 bits per heavy atom. The Morgan fingerprint density at radius 2 is 2.19 bits per heavy atom. The highest BCUT2D eigenvalue weighted by Crippen LogP contribution is 2.11. The highest BCUT2D eigenvalue weighted by molar-refractivity contribution is 5.94. The molecule has 3 nitrogen and oxygen atoms in total. The molecule has 0 fully saturated rings. The summed E-state index contributed by atoms with van der Waals surface area (Å²) in [5.74, 6) is 0.00684. The van der Waals surface area contributed by atoms with Gasteiger partial charge in [0.05, 0.1) is 0 Å². The van der Waals surface area contributed by atoms with Crippen molar-refractivity contribution in [2.75, 3.05) is 0 Å². The molecule has 2 N–H and O–H groups in total. The first-order valence-corrected chi connectivity index (χ1v) is 5.77. The molecule has 16 heavy (non-hydrogen) atoms. The Hall–Kier alpha value is -1.51. The minimum Gasteiger partial charge on any atom is -0.508 e. The second-order valence-corrected chi connectivity index (χ2v) is 3.92. The maximum Gasteiger partial charge on any atom is 0.251 e. The van der Waals surface area contributed by atoms with Gasteiger partial charge in [-0.2, -0.15) is 0 Å². The molecule has 1 unspecified atom stereocenters. The molecule has 1 aromatic carbocycles. The predicted molar refractivity (Wildman–Crippen MR) is 64.6 cm³/mol. The van der Waals surface area contributed by atoms with Gasteiger partial charge in [-0.3, -0.25) is 4.79 Å². The van der Waals surface area contributed by atoms with Crippen molar-refractivity contribution in [3.63, 3.8) is 0 Å². The lowest BCUT2D eigenvalue weighted by Gasteiger charge is -2.15. The van der Waals surface area contributed by atoms with Gasteiger partial charge in [0.25, 0.3) is 5.91 Å². The first kappa shape index (κ1) is 12.6. The van der Waals surface area contributed by atoms with Crippen molar-refractivity contribution in [1.29, 1.82) is 0 Å². The summed E-state index contributed by atoms with van der Waals surface area (Å²) in [5.41, 5.74) is 0.509. The van der Waals surface area contributed by atoms with Gasteiger partial charge >= 0.3 is 0 Å². The van der Waals surface area contributed by atoms with Gasteiger partial charge in [-0.15, -0.1) is 0 Å². The van der Waals surface area contributed by atoms with Crippen LogP contribution in [0.2, 0.25) is 0 Å². The second kappa shape index (κ2) is 6.16. The lowest BCUT2D eigenvalue weighted by Crippen LogP contribution is -2.34. The third-order valence-corrected chi connectivity index (χ3v) is 2.57. The summed E-state index contributed by atoms with van der Waals surface area (Å²) in [4.78, 5) is 11.8. The van der Waals surface area contributed by atoms with E-state index in [0.717, 1.165) is 19.3 Å². The summed E-state index contributed by atoms with van der Waals surface area (Å²) < 4.78 is 0. The lowest BCUT2D eigenvalue weighted by atomic mass is 10.1. The Kier molecular flexibility index (Phi) is 4.83. The molecule has 0 heterocycles. The number of hydrogen-bond acceptors (Lipinski definition) is 2. The molecule has 0 radical (unpaired) electrons. The van der Waals surface area contributed by atoms with Gasteiger partial charge in [0, 0.05) is 11.6 Å². The number of carbonyl (C=O) groups excluding carboxylic acids is 1. The van der Waals surface area contributed by atoms with Crippen LogP contribution in [0.1, 0.15) is 43.5 Å². The molecule has 1 rings (SSSR count). The summed E-state index contributed by atoms with van der Waals surface area (Å²) in [6.45, 7) is 4.16. The monoisotopic (exact) mass is 221 g/mol. The molecule has 1 amide bonds. The molecule has 0 aliphatic carbocycles. The van der Waals surface area contributed by atoms with Crippen molar-refractivity contribution in [2.45, 2.75) is 39.2 Å². The van der Waals surface area contributed by atoms with Crippen LogP contribution in [0, 0.1) is 0 Å². The Labute approximate surface area is 96.5 Å². The molecule has 0 saturated carbocycles. The number of benzene rings is 1. The third-order valence-electron chi connectivity index (χ3n) is 2.57. The van der Waals surface area contributed by atoms with Crippen molar-refractivity contribution in [2.24, 2.45) is 0 Å². The van der Waals surface area contributed by atoms with E-state index in [2.05, 4.69) is 19.2 Å². The maximum absolute atomic E-state index is 11.8. The lowest BCUT2D eigenvalue weighted by molar-refractivity contribution is 0.0933. The zero-order valence-corrected chi connectivity index (χ0v) is 9.86. The van der Waals surface area contributed by atoms with E-state index < -0.39 is 0 Å². The van der Waals surface area contributed by atoms with Gasteiger partial charge in [0.1, 0.15) is 5.75 Å². The van der Waals surface area contributed by atoms with Gasteiger partial charge in [-0.05, 0) is 31.0 Å². The third kappa shape index (κ3) is 3.57. The van der Waals surface area contributed by atoms with E-state index in [-0.39, 0.29) is 17.7 Å². The van der Waals surface area contributed by atoms with Crippen LogP contribution in [0.25, 0.3) is 0 Å². The molecule has 88 valence electrons. The van der Waals surface area contributed by atoms with Crippen LogP contribution in [0.4, 0.5) is 0 Å². The van der Waals surface area contributed by atoms with Crippen LogP contribution in [0.3, 0.4) is 0 Å². The van der Waals surface area contributed by atoms with Crippen LogP contribution in [0.5, 0.6) is 5.75 Å². The van der Waals surface area contributed by atoms with Crippen LogP contribution in [-0.2, 0) is 0 Å². The molecule has 0 aliphatic rings. The zero-order valence-electron chi connectivity index (χ0n) is 9.86. The summed E-state index contributed by atoms with van der Waals surface area (Å²) in [7, 11) is 0. The summed E-state index contributed by atoms with van der Waals surface area (Å²) in [6.07, 6.45) is 2.97. The summed E-state index contributed by atoms with van der Waals surface area (Å²) >= 11 is 0. The Bertz CT molecular complexity index is 350. The SMILES string of the molecule is CCCC(CC)NC(=O)c1cccc(O)c1. The van der Waals surface area contributed by atoms with E-state index in [1.165, 1.54) is 6.07 Å². The number of carbonyl (C=O) groups is 1.